The van der Waals surface area contributed by atoms with E-state index in [0.29, 0.717) is 10.6 Å². The van der Waals surface area contributed by atoms with Crippen LogP contribution < -0.4 is 11.1 Å². The fourth-order valence-corrected chi connectivity index (χ4v) is 21.5. The van der Waals surface area contributed by atoms with Gasteiger partial charge < -0.3 is 0 Å². The van der Waals surface area contributed by atoms with Crippen molar-refractivity contribution in [2.75, 3.05) is 6.54 Å². The molecule has 0 saturated carbocycles. The molecule has 0 aliphatic rings. The third-order valence-electron chi connectivity index (χ3n) is 5.21. The van der Waals surface area contributed by atoms with Crippen LogP contribution in [0, 0.1) is 0 Å². The Bertz CT molecular complexity index is 348. The number of nitrogens with one attached hydrogen (secondary N) is 1. The summed E-state index contributed by atoms with van der Waals surface area (Å²) in [7, 11) is 0. The molecular formula is C21H46N2O2Sn. The number of hydrogen-bond acceptors (Lipinski definition) is 3. The molecule has 0 aliphatic heterocycles. The molecule has 156 valence electrons. The van der Waals surface area contributed by atoms with E-state index in [2.05, 4.69) is 26.1 Å². The Hall–Kier alpha value is 0.0287. The average molecular weight is 477 g/mol. The molecule has 5 heteroatoms. The summed E-state index contributed by atoms with van der Waals surface area (Å²) >= 11 is -2.55. The molecular weight excluding hydrogens is 431 g/mol. The summed E-state index contributed by atoms with van der Waals surface area (Å²) in [5.74, 6) is 0. The zero-order chi connectivity index (χ0) is 20.1. The number of rotatable bonds is 14. The molecule has 1 unspecified atom stereocenters. The van der Waals surface area contributed by atoms with Crippen LogP contribution >= 0.6 is 0 Å². The SMILES string of the molecule is CCC[CH2][Sn]([CH2]CCC)([CH2]CCC)[CH](CCCN)NC(=O)OC(C)(C)C. The quantitative estimate of drug-likeness (QED) is 0.302. The standard InChI is InChI=1S/C9H19N2O2.3C4H9.Sn/c1-9(2,3)13-8(12)11-7-5-4-6-10;3*1-3-4-2;/h7H,4-6,10H2,1-3H3,(H,11,12);3*1,3-4H2,2H3;. The summed E-state index contributed by atoms with van der Waals surface area (Å²) < 4.78 is 10.1. The summed E-state index contributed by atoms with van der Waals surface area (Å²) in [6.45, 7) is 13.4. The molecule has 0 aromatic carbocycles. The number of hydrogen-bond donors (Lipinski definition) is 2. The van der Waals surface area contributed by atoms with Gasteiger partial charge >= 0.3 is 167 Å². The first kappa shape index (κ1) is 26.0. The molecule has 0 rings (SSSR count). The molecule has 0 spiro atoms. The summed E-state index contributed by atoms with van der Waals surface area (Å²) in [6, 6.07) is 0. The predicted molar refractivity (Wildman–Crippen MR) is 116 cm³/mol. The van der Waals surface area contributed by atoms with Gasteiger partial charge in [-0.15, -0.1) is 0 Å². The Morgan fingerprint density at radius 3 is 1.77 bits per heavy atom. The van der Waals surface area contributed by atoms with Crippen LogP contribution in [0.25, 0.3) is 0 Å². The number of amides is 1. The van der Waals surface area contributed by atoms with Crippen LogP contribution in [-0.2, 0) is 4.74 Å². The van der Waals surface area contributed by atoms with Gasteiger partial charge in [0, 0.05) is 0 Å². The Balaban J connectivity index is 5.51. The van der Waals surface area contributed by atoms with Crippen LogP contribution in [0.15, 0.2) is 0 Å². The molecule has 3 N–H and O–H groups in total. The van der Waals surface area contributed by atoms with E-state index in [1.54, 1.807) is 0 Å². The first-order valence-corrected chi connectivity index (χ1v) is 18.6. The summed E-state index contributed by atoms with van der Waals surface area (Å²) in [4.78, 5) is 12.6. The molecule has 4 nitrogen and oxygen atoms in total. The van der Waals surface area contributed by atoms with E-state index in [-0.39, 0.29) is 6.09 Å². The van der Waals surface area contributed by atoms with Crippen LogP contribution in [0.5, 0.6) is 0 Å². The van der Waals surface area contributed by atoms with Crippen molar-refractivity contribution < 1.29 is 9.53 Å². The van der Waals surface area contributed by atoms with Crippen molar-refractivity contribution in [1.82, 2.24) is 5.32 Å². The molecule has 0 bridgehead atoms. The van der Waals surface area contributed by atoms with Crippen molar-refractivity contribution in [1.29, 1.82) is 0 Å². The third kappa shape index (κ3) is 11.0. The Morgan fingerprint density at radius 1 is 0.962 bits per heavy atom. The Labute approximate surface area is 167 Å². The first-order valence-electron chi connectivity index (χ1n) is 10.9. The minimum absolute atomic E-state index is 0.231. The Morgan fingerprint density at radius 2 is 1.42 bits per heavy atom. The average Bonchev–Trinajstić information content (AvgIpc) is 2.57. The fourth-order valence-electron chi connectivity index (χ4n) is 3.79. The van der Waals surface area contributed by atoms with Gasteiger partial charge in [-0.25, -0.2) is 0 Å². The van der Waals surface area contributed by atoms with Gasteiger partial charge in [-0.2, -0.15) is 0 Å². The van der Waals surface area contributed by atoms with E-state index in [0.717, 1.165) is 12.8 Å². The monoisotopic (exact) mass is 478 g/mol. The van der Waals surface area contributed by atoms with E-state index in [1.807, 2.05) is 20.8 Å². The maximum absolute atomic E-state index is 12.6. The van der Waals surface area contributed by atoms with E-state index in [4.69, 9.17) is 10.5 Å². The van der Waals surface area contributed by atoms with Gasteiger partial charge in [0.25, 0.3) is 0 Å². The number of unbranched alkanes of at least 4 members (excludes halogenated alkanes) is 3. The van der Waals surface area contributed by atoms with Crippen molar-refractivity contribution in [3.05, 3.63) is 0 Å². The van der Waals surface area contributed by atoms with Crippen molar-refractivity contribution >= 4 is 24.5 Å². The van der Waals surface area contributed by atoms with E-state index >= 15 is 0 Å². The number of ether oxygens (including phenoxy) is 1. The van der Waals surface area contributed by atoms with Crippen LogP contribution in [-0.4, -0.2) is 40.7 Å². The zero-order valence-electron chi connectivity index (χ0n) is 18.5. The molecule has 1 atom stereocenters. The predicted octanol–water partition coefficient (Wildman–Crippen LogP) is 6.01. The third-order valence-corrected chi connectivity index (χ3v) is 22.2. The molecule has 0 aliphatic carbocycles. The van der Waals surface area contributed by atoms with Crippen LogP contribution in [0.4, 0.5) is 4.79 Å². The zero-order valence-corrected chi connectivity index (χ0v) is 21.3. The van der Waals surface area contributed by atoms with Crippen molar-refractivity contribution in [2.24, 2.45) is 5.73 Å². The number of nitrogens with two attached hydrogens (primary N) is 1. The van der Waals surface area contributed by atoms with Crippen molar-refractivity contribution in [3.8, 4) is 0 Å². The number of alkyl carbamates (subject to hydrolysis) is 1. The minimum atomic E-state index is -2.55. The number of carbonyl (C=O) groups is 1. The Kier molecular flexibility index (Phi) is 14.1. The summed E-state index contributed by atoms with van der Waals surface area (Å²) in [5.41, 5.74) is 5.38. The van der Waals surface area contributed by atoms with Gasteiger partial charge in [-0.3, -0.25) is 0 Å². The van der Waals surface area contributed by atoms with E-state index < -0.39 is 24.0 Å². The van der Waals surface area contributed by atoms with Gasteiger partial charge in [0.2, 0.25) is 0 Å². The van der Waals surface area contributed by atoms with E-state index in [1.165, 1.54) is 51.8 Å². The normalized spacial score (nSPS) is 13.5. The van der Waals surface area contributed by atoms with Gasteiger partial charge in [-0.05, 0) is 0 Å². The molecule has 0 saturated heterocycles. The summed E-state index contributed by atoms with van der Waals surface area (Å²) in [6.07, 6.45) is 9.43. The van der Waals surface area contributed by atoms with Crippen LogP contribution in [0.2, 0.25) is 13.3 Å². The maximum atomic E-state index is 12.6. The van der Waals surface area contributed by atoms with Crippen molar-refractivity contribution in [2.45, 2.75) is 116 Å². The van der Waals surface area contributed by atoms with Gasteiger partial charge in [0.15, 0.2) is 0 Å². The second kappa shape index (κ2) is 14.1. The van der Waals surface area contributed by atoms with Gasteiger partial charge in [0.1, 0.15) is 0 Å². The molecule has 0 heterocycles. The van der Waals surface area contributed by atoms with E-state index in [9.17, 15) is 4.79 Å². The molecule has 26 heavy (non-hydrogen) atoms. The second-order valence-electron chi connectivity index (χ2n) is 8.80. The fraction of sp³-hybridized carbons (Fsp3) is 0.952. The molecule has 1 amide bonds. The first-order chi connectivity index (χ1) is 12.2. The second-order valence-corrected chi connectivity index (χ2v) is 22.8. The molecule has 0 fully saturated rings. The molecule has 0 radical (unpaired) electrons. The van der Waals surface area contributed by atoms with Gasteiger partial charge in [-0.1, -0.05) is 0 Å². The topological polar surface area (TPSA) is 64.3 Å². The van der Waals surface area contributed by atoms with Crippen LogP contribution in [0.1, 0.15) is 92.9 Å². The summed E-state index contributed by atoms with van der Waals surface area (Å²) in [5, 5.41) is 3.35. The van der Waals surface area contributed by atoms with Crippen LogP contribution in [0.3, 0.4) is 0 Å². The van der Waals surface area contributed by atoms with Gasteiger partial charge in [0.05, 0.1) is 0 Å². The van der Waals surface area contributed by atoms with Crippen molar-refractivity contribution in [3.63, 3.8) is 0 Å². The molecule has 0 aromatic heterocycles. The molecule has 0 aromatic rings. The number of carbonyl (C=O) groups excluding carboxylic acids is 1.